The molecule has 0 aliphatic rings. The number of allylic oxidation sites excluding steroid dienone is 16. The molecule has 1 N–H and O–H groups in total. The van der Waals surface area contributed by atoms with Crippen molar-refractivity contribution in [2.45, 2.75) is 213 Å². The summed E-state index contributed by atoms with van der Waals surface area (Å²) >= 11 is 0. The molecular formula is C58H101NO8P+. The van der Waals surface area contributed by atoms with Gasteiger partial charge in [-0.1, -0.05) is 195 Å². The largest absolute Gasteiger partial charge is 0.472 e. The summed E-state index contributed by atoms with van der Waals surface area (Å²) in [6, 6.07) is 0. The summed E-state index contributed by atoms with van der Waals surface area (Å²) in [5, 5.41) is 0. The first kappa shape index (κ1) is 64.9. The predicted molar refractivity (Wildman–Crippen MR) is 288 cm³/mol. The highest BCUT2D eigenvalue weighted by Gasteiger charge is 2.27. The highest BCUT2D eigenvalue weighted by atomic mass is 31.2. The molecule has 2 atom stereocenters. The molecular weight excluding hydrogens is 870 g/mol. The molecule has 9 nitrogen and oxygen atoms in total. The van der Waals surface area contributed by atoms with E-state index in [2.05, 4.69) is 111 Å². The average molecular weight is 971 g/mol. The molecule has 2 unspecified atom stereocenters. The van der Waals surface area contributed by atoms with E-state index < -0.39 is 26.5 Å². The minimum Gasteiger partial charge on any atom is -0.462 e. The molecule has 0 fully saturated rings. The van der Waals surface area contributed by atoms with Crippen molar-refractivity contribution in [1.29, 1.82) is 0 Å². The second-order valence-corrected chi connectivity index (χ2v) is 20.3. The number of ether oxygens (including phenoxy) is 2. The van der Waals surface area contributed by atoms with E-state index >= 15 is 0 Å². The number of nitrogens with zero attached hydrogens (tertiary/aromatic N) is 1. The Balaban J connectivity index is 4.19. The molecule has 0 aromatic heterocycles. The molecule has 0 aliphatic carbocycles. The van der Waals surface area contributed by atoms with Crippen LogP contribution in [0, 0.1) is 0 Å². The Morgan fingerprint density at radius 3 is 1.26 bits per heavy atom. The second-order valence-electron chi connectivity index (χ2n) is 18.9. The summed E-state index contributed by atoms with van der Waals surface area (Å²) in [7, 11) is 1.46. The zero-order chi connectivity index (χ0) is 49.9. The molecule has 0 rings (SSSR count). The van der Waals surface area contributed by atoms with Crippen LogP contribution < -0.4 is 0 Å². The van der Waals surface area contributed by atoms with Crippen molar-refractivity contribution in [3.63, 3.8) is 0 Å². The third kappa shape index (κ3) is 52.3. The first-order valence-electron chi connectivity index (χ1n) is 27.0. The third-order valence-corrected chi connectivity index (χ3v) is 12.1. The number of carbonyl (C=O) groups excluding carboxylic acids is 2. The van der Waals surface area contributed by atoms with Crippen molar-refractivity contribution in [2.24, 2.45) is 0 Å². The van der Waals surface area contributed by atoms with Gasteiger partial charge in [-0.15, -0.1) is 0 Å². The van der Waals surface area contributed by atoms with Crippen LogP contribution in [0.1, 0.15) is 206 Å². The fourth-order valence-electron chi connectivity index (χ4n) is 6.93. The number of phosphoric ester groups is 1. The average Bonchev–Trinajstić information content (AvgIpc) is 3.30. The molecule has 0 heterocycles. The van der Waals surface area contributed by atoms with E-state index in [0.29, 0.717) is 17.4 Å². The number of likely N-dealkylation sites (N-methyl/N-ethyl adjacent to an activating group) is 1. The van der Waals surface area contributed by atoms with Crippen LogP contribution >= 0.6 is 7.82 Å². The Morgan fingerprint density at radius 2 is 0.838 bits per heavy atom. The first-order chi connectivity index (χ1) is 33.0. The van der Waals surface area contributed by atoms with Crippen molar-refractivity contribution in [2.75, 3.05) is 47.5 Å². The fraction of sp³-hybridized carbons (Fsp3) is 0.690. The number of carbonyl (C=O) groups is 2. The molecule has 0 saturated heterocycles. The maximum atomic E-state index is 12.8. The van der Waals surface area contributed by atoms with Gasteiger partial charge < -0.3 is 18.9 Å². The molecule has 0 radical (unpaired) electrons. The lowest BCUT2D eigenvalue weighted by Gasteiger charge is -2.24. The number of esters is 2. The van der Waals surface area contributed by atoms with Crippen LogP contribution in [0.3, 0.4) is 0 Å². The van der Waals surface area contributed by atoms with Gasteiger partial charge >= 0.3 is 19.8 Å². The van der Waals surface area contributed by atoms with E-state index in [1.54, 1.807) is 0 Å². The summed E-state index contributed by atoms with van der Waals surface area (Å²) in [5.41, 5.74) is 0. The highest BCUT2D eigenvalue weighted by Crippen LogP contribution is 2.43. The van der Waals surface area contributed by atoms with Gasteiger partial charge in [0.2, 0.25) is 0 Å². The van der Waals surface area contributed by atoms with Crippen molar-refractivity contribution >= 4 is 19.8 Å². The molecule has 0 aromatic carbocycles. The lowest BCUT2D eigenvalue weighted by Crippen LogP contribution is -2.37. The SMILES string of the molecule is CC/C=C\C/C=C\C/C=C\C/C=C\C/C=C\C/C=C\C/C=C\CCCCCCCCCCCC(=O)OC(COC(=O)CCCCCCC/C=C\CCCCCC)COP(=O)(O)OCC[N+](C)(C)C. The van der Waals surface area contributed by atoms with Crippen LogP contribution in [0.25, 0.3) is 0 Å². The van der Waals surface area contributed by atoms with Crippen LogP contribution in [-0.4, -0.2) is 74.9 Å². The van der Waals surface area contributed by atoms with Gasteiger partial charge in [0.05, 0.1) is 27.7 Å². The fourth-order valence-corrected chi connectivity index (χ4v) is 7.67. The van der Waals surface area contributed by atoms with Gasteiger partial charge in [0, 0.05) is 12.8 Å². The standard InChI is InChI=1S/C58H100NO8P/c1-6-8-10-12-14-16-18-20-21-22-23-24-25-26-27-28-29-30-31-32-33-34-35-36-37-39-41-43-45-47-49-51-58(61)67-56(55-66-68(62,63)65-53-52-59(3,4)5)54-64-57(60)50-48-46-44-42-40-38-19-17-15-13-11-9-7-2/h8,10,14,16-17,19-21,23-24,26-27,29-30,32-33,56H,6-7,9,11-13,15,18,22,25,28,31,34-55H2,1-5H3/p+1/b10-8-,16-14-,19-17-,21-20-,24-23-,27-26-,30-29-,33-32-. The summed E-state index contributed by atoms with van der Waals surface area (Å²) in [5.74, 6) is -0.820. The quantitative estimate of drug-likeness (QED) is 0.0211. The van der Waals surface area contributed by atoms with Gasteiger partial charge in [-0.25, -0.2) is 4.57 Å². The van der Waals surface area contributed by atoms with Gasteiger partial charge in [-0.05, 0) is 96.3 Å². The lowest BCUT2D eigenvalue weighted by atomic mass is 10.1. The summed E-state index contributed by atoms with van der Waals surface area (Å²) < 4.78 is 34.4. The molecule has 10 heteroatoms. The van der Waals surface area contributed by atoms with Crippen LogP contribution in [0.2, 0.25) is 0 Å². The van der Waals surface area contributed by atoms with Crippen molar-refractivity contribution in [3.8, 4) is 0 Å². The van der Waals surface area contributed by atoms with E-state index in [9.17, 15) is 19.0 Å². The van der Waals surface area contributed by atoms with Crippen LogP contribution in [0.15, 0.2) is 97.2 Å². The molecule has 390 valence electrons. The van der Waals surface area contributed by atoms with Gasteiger partial charge in [-0.2, -0.15) is 0 Å². The number of quaternary nitrogens is 1. The molecule has 0 saturated carbocycles. The Morgan fingerprint density at radius 1 is 0.471 bits per heavy atom. The summed E-state index contributed by atoms with van der Waals surface area (Å²) in [6.07, 6.45) is 66.1. The van der Waals surface area contributed by atoms with Gasteiger partial charge in [0.15, 0.2) is 6.10 Å². The molecule has 68 heavy (non-hydrogen) atoms. The van der Waals surface area contributed by atoms with E-state index in [4.69, 9.17) is 18.5 Å². The Kier molecular flexibility index (Phi) is 46.7. The maximum Gasteiger partial charge on any atom is 0.472 e. The Bertz CT molecular complexity index is 1470. The topological polar surface area (TPSA) is 108 Å². The van der Waals surface area contributed by atoms with E-state index in [1.807, 2.05) is 21.1 Å². The van der Waals surface area contributed by atoms with Gasteiger partial charge in [0.25, 0.3) is 0 Å². The number of rotatable bonds is 48. The second kappa shape index (κ2) is 48.9. The molecule has 0 bridgehead atoms. The van der Waals surface area contributed by atoms with Crippen LogP contribution in [0.5, 0.6) is 0 Å². The van der Waals surface area contributed by atoms with E-state index in [0.717, 1.165) is 109 Å². The lowest BCUT2D eigenvalue weighted by molar-refractivity contribution is -0.870. The maximum absolute atomic E-state index is 12.8. The smallest absolute Gasteiger partial charge is 0.462 e. The van der Waals surface area contributed by atoms with Gasteiger partial charge in [0.1, 0.15) is 19.8 Å². The normalized spacial score (nSPS) is 14.1. The van der Waals surface area contributed by atoms with Crippen molar-refractivity contribution in [1.82, 2.24) is 0 Å². The third-order valence-electron chi connectivity index (χ3n) is 11.1. The minimum atomic E-state index is -4.39. The first-order valence-corrected chi connectivity index (χ1v) is 28.5. The van der Waals surface area contributed by atoms with Crippen molar-refractivity contribution in [3.05, 3.63) is 97.2 Å². The minimum absolute atomic E-state index is 0.0248. The molecule has 0 aliphatic heterocycles. The van der Waals surface area contributed by atoms with Crippen LogP contribution in [-0.2, 0) is 32.7 Å². The van der Waals surface area contributed by atoms with Crippen molar-refractivity contribution < 1.29 is 42.1 Å². The Labute approximate surface area is 417 Å². The number of phosphoric acid groups is 1. The monoisotopic (exact) mass is 971 g/mol. The zero-order valence-electron chi connectivity index (χ0n) is 44.1. The van der Waals surface area contributed by atoms with Gasteiger partial charge in [-0.3, -0.25) is 18.6 Å². The van der Waals surface area contributed by atoms with E-state index in [-0.39, 0.29) is 32.0 Å². The summed E-state index contributed by atoms with van der Waals surface area (Å²) in [6.45, 7) is 4.27. The number of hydrogen-bond donors (Lipinski definition) is 1. The highest BCUT2D eigenvalue weighted by molar-refractivity contribution is 7.47. The molecule has 0 spiro atoms. The summed E-state index contributed by atoms with van der Waals surface area (Å²) in [4.78, 5) is 35.5. The Hall–Kier alpha value is -3.07. The number of unbranched alkanes of at least 4 members (excludes halogenated alkanes) is 18. The van der Waals surface area contributed by atoms with E-state index in [1.165, 1.54) is 64.2 Å². The predicted octanol–water partition coefficient (Wildman–Crippen LogP) is 16.5. The number of hydrogen-bond acceptors (Lipinski definition) is 7. The molecule has 0 aromatic rings. The van der Waals surface area contributed by atoms with Crippen LogP contribution in [0.4, 0.5) is 0 Å². The zero-order valence-corrected chi connectivity index (χ0v) is 45.0. The molecule has 0 amide bonds.